The highest BCUT2D eigenvalue weighted by Gasteiger charge is 2.19. The number of thiophene rings is 1. The molecule has 0 aliphatic carbocycles. The van der Waals surface area contributed by atoms with Crippen LogP contribution in [0.2, 0.25) is 0 Å². The van der Waals surface area contributed by atoms with Crippen LogP contribution in [0.3, 0.4) is 0 Å². The van der Waals surface area contributed by atoms with Gasteiger partial charge in [0, 0.05) is 16.6 Å². The third kappa shape index (κ3) is 3.55. The highest BCUT2D eigenvalue weighted by atomic mass is 32.1. The Kier molecular flexibility index (Phi) is 4.57. The Labute approximate surface area is 153 Å². The van der Waals surface area contributed by atoms with Crippen molar-refractivity contribution in [2.45, 2.75) is 13.1 Å². The molecule has 0 fully saturated rings. The van der Waals surface area contributed by atoms with Gasteiger partial charge in [0.15, 0.2) is 5.82 Å². The number of hydrogen-bond acceptors (Lipinski definition) is 6. The molecule has 0 N–H and O–H groups in total. The fourth-order valence-electron chi connectivity index (χ4n) is 2.57. The number of furan rings is 1. The van der Waals surface area contributed by atoms with E-state index in [4.69, 9.17) is 4.42 Å². The Bertz CT molecular complexity index is 929. The summed E-state index contributed by atoms with van der Waals surface area (Å²) in [6, 6.07) is 11.1. The van der Waals surface area contributed by atoms with Gasteiger partial charge < -0.3 is 9.32 Å². The molecule has 0 saturated heterocycles. The van der Waals surface area contributed by atoms with E-state index < -0.39 is 0 Å². The number of amides is 1. The molecule has 7 nitrogen and oxygen atoms in total. The third-order valence-corrected chi connectivity index (χ3v) is 4.65. The zero-order valence-corrected chi connectivity index (χ0v) is 14.5. The summed E-state index contributed by atoms with van der Waals surface area (Å²) in [7, 11) is 0. The van der Waals surface area contributed by atoms with Crippen LogP contribution >= 0.6 is 11.3 Å². The summed E-state index contributed by atoms with van der Waals surface area (Å²) in [5, 5.41) is 6.06. The highest BCUT2D eigenvalue weighted by Crippen LogP contribution is 2.18. The molecule has 0 unspecified atom stereocenters. The maximum absolute atomic E-state index is 13.1. The molecule has 0 aromatic carbocycles. The van der Waals surface area contributed by atoms with E-state index in [-0.39, 0.29) is 5.91 Å². The average Bonchev–Trinajstić information content (AvgIpc) is 3.43. The van der Waals surface area contributed by atoms with Crippen molar-refractivity contribution < 1.29 is 9.21 Å². The molecule has 0 aliphatic rings. The van der Waals surface area contributed by atoms with E-state index in [9.17, 15) is 4.79 Å². The standard InChI is InChI=1S/C18H15N5O2S/c24-18(14-5-6-20-17(9-14)23-13-19-12-21-23)22(10-15-3-1-7-25-15)11-16-4-2-8-26-16/h1-9,12-13H,10-11H2. The molecule has 0 radical (unpaired) electrons. The summed E-state index contributed by atoms with van der Waals surface area (Å²) in [6.45, 7) is 0.906. The van der Waals surface area contributed by atoms with Crippen LogP contribution in [0.5, 0.6) is 0 Å². The summed E-state index contributed by atoms with van der Waals surface area (Å²) in [5.74, 6) is 1.18. The van der Waals surface area contributed by atoms with Gasteiger partial charge in [-0.25, -0.2) is 14.6 Å². The third-order valence-electron chi connectivity index (χ3n) is 3.79. The number of carbonyl (C=O) groups excluding carboxylic acids is 1. The normalized spacial score (nSPS) is 10.8. The van der Waals surface area contributed by atoms with E-state index in [1.807, 2.05) is 29.6 Å². The van der Waals surface area contributed by atoms with Crippen molar-refractivity contribution in [3.05, 3.63) is 83.1 Å². The Hall–Kier alpha value is -3.26. The number of hydrogen-bond donors (Lipinski definition) is 0. The molecule has 1 amide bonds. The summed E-state index contributed by atoms with van der Waals surface area (Å²) in [6.07, 6.45) is 6.18. The molecule has 4 rings (SSSR count). The summed E-state index contributed by atoms with van der Waals surface area (Å²) < 4.78 is 6.95. The van der Waals surface area contributed by atoms with Crippen molar-refractivity contribution >= 4 is 17.2 Å². The first-order valence-corrected chi connectivity index (χ1v) is 8.82. The number of aromatic nitrogens is 4. The fourth-order valence-corrected chi connectivity index (χ4v) is 3.29. The molecule has 26 heavy (non-hydrogen) atoms. The van der Waals surface area contributed by atoms with Gasteiger partial charge in [-0.3, -0.25) is 4.79 Å². The van der Waals surface area contributed by atoms with Crippen LogP contribution in [-0.2, 0) is 13.1 Å². The van der Waals surface area contributed by atoms with Crippen molar-refractivity contribution in [3.8, 4) is 5.82 Å². The molecule has 4 aromatic rings. The van der Waals surface area contributed by atoms with Gasteiger partial charge in [-0.05, 0) is 35.7 Å². The van der Waals surface area contributed by atoms with Crippen molar-refractivity contribution in [3.63, 3.8) is 0 Å². The summed E-state index contributed by atoms with van der Waals surface area (Å²) in [5.41, 5.74) is 0.536. The second-order valence-corrected chi connectivity index (χ2v) is 6.59. The molecule has 4 aromatic heterocycles. The zero-order valence-electron chi connectivity index (χ0n) is 13.7. The quantitative estimate of drug-likeness (QED) is 0.524. The number of nitrogens with zero attached hydrogens (tertiary/aromatic N) is 5. The lowest BCUT2D eigenvalue weighted by atomic mass is 10.2. The SMILES string of the molecule is O=C(c1ccnc(-n2cncn2)c1)N(Cc1ccco1)Cc1cccs1. The minimum absolute atomic E-state index is 0.0986. The highest BCUT2D eigenvalue weighted by molar-refractivity contribution is 7.09. The predicted octanol–water partition coefficient (Wildman–Crippen LogP) is 3.16. The van der Waals surface area contributed by atoms with E-state index >= 15 is 0 Å². The van der Waals surface area contributed by atoms with Crippen molar-refractivity contribution in [1.82, 2.24) is 24.6 Å². The van der Waals surface area contributed by atoms with Crippen LogP contribution in [0.25, 0.3) is 5.82 Å². The molecule has 4 heterocycles. The number of rotatable bonds is 6. The molecule has 8 heteroatoms. The zero-order chi connectivity index (χ0) is 17.8. The minimum Gasteiger partial charge on any atom is -0.467 e. The molecule has 0 atom stereocenters. The molecular weight excluding hydrogens is 350 g/mol. The summed E-state index contributed by atoms with van der Waals surface area (Å²) in [4.78, 5) is 24.2. The van der Waals surface area contributed by atoms with Gasteiger partial charge in [0.25, 0.3) is 5.91 Å². The van der Waals surface area contributed by atoms with E-state index in [0.29, 0.717) is 24.5 Å². The van der Waals surface area contributed by atoms with Gasteiger partial charge in [-0.15, -0.1) is 11.3 Å². The first kappa shape index (κ1) is 16.2. The van der Waals surface area contributed by atoms with Gasteiger partial charge in [0.1, 0.15) is 18.4 Å². The summed E-state index contributed by atoms with van der Waals surface area (Å²) >= 11 is 1.62. The Morgan fingerprint density at radius 2 is 2.19 bits per heavy atom. The maximum atomic E-state index is 13.1. The topological polar surface area (TPSA) is 77.1 Å². The van der Waals surface area contributed by atoms with Gasteiger partial charge >= 0.3 is 0 Å². The molecular formula is C18H15N5O2S. The van der Waals surface area contributed by atoms with Crippen LogP contribution in [0.15, 0.2) is 71.3 Å². The molecule has 0 saturated carbocycles. The molecule has 0 spiro atoms. The van der Waals surface area contributed by atoms with Crippen molar-refractivity contribution in [2.75, 3.05) is 0 Å². The largest absolute Gasteiger partial charge is 0.467 e. The van der Waals surface area contributed by atoms with Crippen molar-refractivity contribution in [1.29, 1.82) is 0 Å². The lowest BCUT2D eigenvalue weighted by Gasteiger charge is -2.21. The lowest BCUT2D eigenvalue weighted by Crippen LogP contribution is -2.29. The first-order valence-electron chi connectivity index (χ1n) is 7.95. The van der Waals surface area contributed by atoms with E-state index in [0.717, 1.165) is 10.6 Å². The maximum Gasteiger partial charge on any atom is 0.254 e. The Morgan fingerprint density at radius 3 is 2.92 bits per heavy atom. The van der Waals surface area contributed by atoms with Gasteiger partial charge in [-0.2, -0.15) is 5.10 Å². The Balaban J connectivity index is 1.62. The lowest BCUT2D eigenvalue weighted by molar-refractivity contribution is 0.0719. The van der Waals surface area contributed by atoms with Crippen LogP contribution in [0, 0.1) is 0 Å². The minimum atomic E-state index is -0.0986. The average molecular weight is 365 g/mol. The monoisotopic (exact) mass is 365 g/mol. The Morgan fingerprint density at radius 1 is 1.23 bits per heavy atom. The molecule has 0 bridgehead atoms. The van der Waals surface area contributed by atoms with Gasteiger partial charge in [0.05, 0.1) is 19.4 Å². The van der Waals surface area contributed by atoms with Crippen LogP contribution in [-0.4, -0.2) is 30.6 Å². The first-order chi connectivity index (χ1) is 12.8. The van der Waals surface area contributed by atoms with Crippen LogP contribution < -0.4 is 0 Å². The van der Waals surface area contributed by atoms with Crippen molar-refractivity contribution in [2.24, 2.45) is 0 Å². The second kappa shape index (κ2) is 7.32. The number of carbonyl (C=O) groups is 1. The molecule has 0 aliphatic heterocycles. The van der Waals surface area contributed by atoms with E-state index in [2.05, 4.69) is 15.1 Å². The van der Waals surface area contributed by atoms with Crippen LogP contribution in [0.1, 0.15) is 21.0 Å². The van der Waals surface area contributed by atoms with Gasteiger partial charge in [-0.1, -0.05) is 6.07 Å². The van der Waals surface area contributed by atoms with Gasteiger partial charge in [0.2, 0.25) is 0 Å². The predicted molar refractivity (Wildman–Crippen MR) is 95.8 cm³/mol. The van der Waals surface area contributed by atoms with E-state index in [1.165, 1.54) is 11.0 Å². The number of pyridine rings is 1. The van der Waals surface area contributed by atoms with Crippen LogP contribution in [0.4, 0.5) is 0 Å². The fraction of sp³-hybridized carbons (Fsp3) is 0.111. The smallest absolute Gasteiger partial charge is 0.254 e. The second-order valence-electron chi connectivity index (χ2n) is 5.56. The molecule has 130 valence electrons. The van der Waals surface area contributed by atoms with E-state index in [1.54, 1.807) is 47.2 Å².